The largest absolute Gasteiger partial charge is 0.467 e. The summed E-state index contributed by atoms with van der Waals surface area (Å²) in [6, 6.07) is 5.42. The molecule has 154 valence electrons. The first-order valence-corrected chi connectivity index (χ1v) is 8.82. The van der Waals surface area contributed by atoms with Crippen LogP contribution >= 0.6 is 0 Å². The number of methoxy groups -OCH3 is 2. The van der Waals surface area contributed by atoms with Gasteiger partial charge in [0.1, 0.15) is 17.3 Å². The molecule has 0 aliphatic rings. The number of nitrogen functional groups attached to an aromatic ring is 2. The minimum Gasteiger partial charge on any atom is -0.467 e. The Kier molecular flexibility index (Phi) is 6.47. The summed E-state index contributed by atoms with van der Waals surface area (Å²) < 4.78 is 21.1. The summed E-state index contributed by atoms with van der Waals surface area (Å²) in [5.74, 6) is 1.67. The van der Waals surface area contributed by atoms with E-state index in [0.29, 0.717) is 34.9 Å². The van der Waals surface area contributed by atoms with Crippen molar-refractivity contribution in [1.82, 2.24) is 15.0 Å². The van der Waals surface area contributed by atoms with Crippen LogP contribution in [-0.2, 0) is 16.0 Å². The van der Waals surface area contributed by atoms with E-state index in [1.54, 1.807) is 32.5 Å². The van der Waals surface area contributed by atoms with Crippen LogP contribution in [0.5, 0.6) is 11.5 Å². The van der Waals surface area contributed by atoms with Crippen LogP contribution in [0.1, 0.15) is 11.1 Å². The van der Waals surface area contributed by atoms with Gasteiger partial charge in [0.05, 0.1) is 11.1 Å². The molecule has 0 radical (unpaired) electrons. The Morgan fingerprint density at radius 3 is 2.55 bits per heavy atom. The van der Waals surface area contributed by atoms with Crippen molar-refractivity contribution in [2.75, 3.05) is 44.6 Å². The van der Waals surface area contributed by atoms with Gasteiger partial charge in [0, 0.05) is 33.0 Å². The number of nitrogens with two attached hydrogens (primary N) is 2. The first-order chi connectivity index (χ1) is 14.0. The number of nitrogens with zero attached hydrogens (tertiary/aromatic N) is 3. The fourth-order valence-corrected chi connectivity index (χ4v) is 2.81. The van der Waals surface area contributed by atoms with E-state index in [2.05, 4.69) is 20.3 Å². The van der Waals surface area contributed by atoms with Crippen LogP contribution in [0.3, 0.4) is 0 Å². The SMILES string of the molecule is COCOc1ccc(OCOC)c(NCc2cnc3nc(N)nc(N)c3c2C)c1. The molecule has 1 aromatic carbocycles. The smallest absolute Gasteiger partial charge is 0.224 e. The van der Waals surface area contributed by atoms with Gasteiger partial charge >= 0.3 is 0 Å². The molecule has 0 saturated heterocycles. The van der Waals surface area contributed by atoms with Crippen molar-refractivity contribution >= 4 is 28.5 Å². The predicted octanol–water partition coefficient (Wildman–Crippen LogP) is 2.08. The number of benzene rings is 1. The first-order valence-electron chi connectivity index (χ1n) is 8.82. The highest BCUT2D eigenvalue weighted by molar-refractivity contribution is 5.90. The van der Waals surface area contributed by atoms with E-state index in [-0.39, 0.29) is 19.5 Å². The summed E-state index contributed by atoms with van der Waals surface area (Å²) in [7, 11) is 3.13. The number of nitrogens with one attached hydrogen (secondary N) is 1. The lowest BCUT2D eigenvalue weighted by Gasteiger charge is -2.16. The lowest BCUT2D eigenvalue weighted by molar-refractivity contribution is 0.0487. The number of aryl methyl sites for hydroxylation is 1. The molecule has 0 saturated carbocycles. The molecule has 29 heavy (non-hydrogen) atoms. The molecule has 5 N–H and O–H groups in total. The Labute approximate surface area is 168 Å². The Bertz CT molecular complexity index is 998. The van der Waals surface area contributed by atoms with E-state index < -0.39 is 0 Å². The average Bonchev–Trinajstić information content (AvgIpc) is 2.70. The number of anilines is 3. The fourth-order valence-electron chi connectivity index (χ4n) is 2.81. The second-order valence-electron chi connectivity index (χ2n) is 6.19. The molecule has 0 aliphatic heterocycles. The normalized spacial score (nSPS) is 10.9. The van der Waals surface area contributed by atoms with Crippen LogP contribution in [0.4, 0.5) is 17.5 Å². The minimum atomic E-state index is 0.0978. The zero-order valence-electron chi connectivity index (χ0n) is 16.6. The van der Waals surface area contributed by atoms with Gasteiger partial charge in [0.2, 0.25) is 5.95 Å². The Morgan fingerprint density at radius 2 is 1.79 bits per heavy atom. The van der Waals surface area contributed by atoms with Crippen molar-refractivity contribution in [2.45, 2.75) is 13.5 Å². The van der Waals surface area contributed by atoms with Gasteiger partial charge in [-0.25, -0.2) is 4.98 Å². The second-order valence-corrected chi connectivity index (χ2v) is 6.19. The van der Waals surface area contributed by atoms with Crippen LogP contribution in [0.2, 0.25) is 0 Å². The number of ether oxygens (including phenoxy) is 4. The number of fused-ring (bicyclic) bond motifs is 1. The van der Waals surface area contributed by atoms with Gasteiger partial charge in [-0.3, -0.25) is 0 Å². The summed E-state index contributed by atoms with van der Waals surface area (Å²) in [4.78, 5) is 12.5. The number of hydrogen-bond acceptors (Lipinski definition) is 10. The lowest BCUT2D eigenvalue weighted by Crippen LogP contribution is -2.08. The quantitative estimate of drug-likeness (QED) is 0.457. The van der Waals surface area contributed by atoms with Gasteiger partial charge in [-0.05, 0) is 30.2 Å². The van der Waals surface area contributed by atoms with Gasteiger partial charge < -0.3 is 35.7 Å². The topological polar surface area (TPSA) is 140 Å². The standard InChI is InChI=1S/C19H24N6O4/c1-11-12(8-23-18-16(11)17(20)24-19(21)25-18)7-22-14-6-13(28-9-26-2)4-5-15(14)29-10-27-3/h4-6,8,22H,7,9-10H2,1-3H3,(H4,20,21,23,24,25). The average molecular weight is 400 g/mol. The van der Waals surface area contributed by atoms with Gasteiger partial charge in [0.25, 0.3) is 0 Å². The lowest BCUT2D eigenvalue weighted by atomic mass is 10.1. The van der Waals surface area contributed by atoms with Gasteiger partial charge in [0.15, 0.2) is 19.2 Å². The van der Waals surface area contributed by atoms with Crippen LogP contribution in [0.15, 0.2) is 24.4 Å². The maximum Gasteiger partial charge on any atom is 0.224 e. The molecule has 0 amide bonds. The summed E-state index contributed by atoms with van der Waals surface area (Å²) in [6.45, 7) is 2.68. The Hall–Kier alpha value is -3.37. The Morgan fingerprint density at radius 1 is 1.03 bits per heavy atom. The highest BCUT2D eigenvalue weighted by Crippen LogP contribution is 2.31. The van der Waals surface area contributed by atoms with E-state index in [1.807, 2.05) is 13.0 Å². The highest BCUT2D eigenvalue weighted by atomic mass is 16.7. The maximum absolute atomic E-state index is 6.03. The Balaban J connectivity index is 1.86. The van der Waals surface area contributed by atoms with Crippen LogP contribution in [0.25, 0.3) is 11.0 Å². The van der Waals surface area contributed by atoms with E-state index in [9.17, 15) is 0 Å². The zero-order valence-corrected chi connectivity index (χ0v) is 16.6. The predicted molar refractivity (Wildman–Crippen MR) is 110 cm³/mol. The van der Waals surface area contributed by atoms with Gasteiger partial charge in [-0.15, -0.1) is 0 Å². The van der Waals surface area contributed by atoms with Crippen molar-refractivity contribution in [3.05, 3.63) is 35.5 Å². The molecule has 10 heteroatoms. The zero-order chi connectivity index (χ0) is 20.8. The van der Waals surface area contributed by atoms with Crippen molar-refractivity contribution in [3.63, 3.8) is 0 Å². The molecular weight excluding hydrogens is 376 g/mol. The first kappa shape index (κ1) is 20.4. The molecule has 3 aromatic rings. The van der Waals surface area contributed by atoms with Crippen molar-refractivity contribution in [3.8, 4) is 11.5 Å². The molecule has 10 nitrogen and oxygen atoms in total. The molecule has 0 bridgehead atoms. The number of aromatic nitrogens is 3. The number of pyridine rings is 1. The number of hydrogen-bond donors (Lipinski definition) is 3. The second kappa shape index (κ2) is 9.22. The van der Waals surface area contributed by atoms with Crippen LogP contribution in [0, 0.1) is 6.92 Å². The number of rotatable bonds is 9. The monoisotopic (exact) mass is 400 g/mol. The van der Waals surface area contributed by atoms with Crippen molar-refractivity contribution in [1.29, 1.82) is 0 Å². The molecule has 0 spiro atoms. The van der Waals surface area contributed by atoms with Gasteiger partial charge in [-0.1, -0.05) is 0 Å². The minimum absolute atomic E-state index is 0.0978. The molecule has 3 rings (SSSR count). The van der Waals surface area contributed by atoms with Crippen LogP contribution < -0.4 is 26.3 Å². The van der Waals surface area contributed by atoms with Crippen molar-refractivity contribution in [2.24, 2.45) is 0 Å². The molecule has 0 aliphatic carbocycles. The van der Waals surface area contributed by atoms with E-state index in [4.69, 9.17) is 30.4 Å². The summed E-state index contributed by atoms with van der Waals surface area (Å²) >= 11 is 0. The molecule has 2 aromatic heterocycles. The van der Waals surface area contributed by atoms with Crippen LogP contribution in [-0.4, -0.2) is 42.8 Å². The molecule has 0 unspecified atom stereocenters. The fraction of sp³-hybridized carbons (Fsp3) is 0.316. The summed E-state index contributed by atoms with van der Waals surface area (Å²) in [6.07, 6.45) is 1.73. The molecule has 0 fully saturated rings. The highest BCUT2D eigenvalue weighted by Gasteiger charge is 2.12. The van der Waals surface area contributed by atoms with Crippen molar-refractivity contribution < 1.29 is 18.9 Å². The van der Waals surface area contributed by atoms with Gasteiger partial charge in [-0.2, -0.15) is 9.97 Å². The summed E-state index contributed by atoms with van der Waals surface area (Å²) in [5.41, 5.74) is 14.7. The molecule has 2 heterocycles. The molecular formula is C19H24N6O4. The molecule has 0 atom stereocenters. The van der Waals surface area contributed by atoms with E-state index >= 15 is 0 Å². The third kappa shape index (κ3) is 4.73. The van der Waals surface area contributed by atoms with E-state index in [1.165, 1.54) is 0 Å². The third-order valence-corrected chi connectivity index (χ3v) is 4.23. The van der Waals surface area contributed by atoms with E-state index in [0.717, 1.165) is 16.8 Å². The summed E-state index contributed by atoms with van der Waals surface area (Å²) in [5, 5.41) is 4.03. The third-order valence-electron chi connectivity index (χ3n) is 4.23. The maximum atomic E-state index is 6.03.